The van der Waals surface area contributed by atoms with Gasteiger partial charge in [-0.1, -0.05) is 0 Å². The molecule has 1 atom stereocenters. The highest BCUT2D eigenvalue weighted by Crippen LogP contribution is 2.22. The number of hydrogen-bond donors (Lipinski definition) is 1. The third-order valence-electron chi connectivity index (χ3n) is 3.15. The number of hydrogen-bond acceptors (Lipinski definition) is 4. The summed E-state index contributed by atoms with van der Waals surface area (Å²) in [6.07, 6.45) is 5.14. The summed E-state index contributed by atoms with van der Waals surface area (Å²) in [5.74, 6) is 0.820. The van der Waals surface area contributed by atoms with Crippen molar-refractivity contribution in [2.75, 3.05) is 6.54 Å². The lowest BCUT2D eigenvalue weighted by molar-refractivity contribution is 0.00975. The van der Waals surface area contributed by atoms with Gasteiger partial charge in [-0.15, -0.1) is 0 Å². The molecule has 2 rings (SSSR count). The Morgan fingerprint density at radius 3 is 2.95 bits per heavy atom. The predicted molar refractivity (Wildman–Crippen MR) is 70.7 cm³/mol. The highest BCUT2D eigenvalue weighted by Gasteiger charge is 2.30. The van der Waals surface area contributed by atoms with Crippen LogP contribution in [-0.2, 0) is 11.2 Å². The summed E-state index contributed by atoms with van der Waals surface area (Å²) in [5.41, 5.74) is -0.453. The van der Waals surface area contributed by atoms with Gasteiger partial charge >= 0.3 is 6.09 Å². The van der Waals surface area contributed by atoms with Crippen LogP contribution in [-0.4, -0.2) is 44.4 Å². The SMILES string of the molecule is CC(C)(C)OC(=O)N1CCCCC1Cc1ncn[nH]1. The van der Waals surface area contributed by atoms with E-state index in [0.717, 1.165) is 31.6 Å². The van der Waals surface area contributed by atoms with Crippen LogP contribution in [0.3, 0.4) is 0 Å². The molecule has 0 aromatic carbocycles. The average molecular weight is 266 g/mol. The van der Waals surface area contributed by atoms with E-state index in [0.29, 0.717) is 6.42 Å². The molecule has 6 heteroatoms. The molecule has 1 saturated heterocycles. The molecule has 1 N–H and O–H groups in total. The van der Waals surface area contributed by atoms with E-state index in [1.807, 2.05) is 25.7 Å². The number of likely N-dealkylation sites (tertiary alicyclic amines) is 1. The molecule has 0 aliphatic carbocycles. The van der Waals surface area contributed by atoms with E-state index in [1.165, 1.54) is 6.33 Å². The Bertz CT molecular complexity index is 411. The Hall–Kier alpha value is -1.59. The molecule has 1 aliphatic rings. The van der Waals surface area contributed by atoms with Crippen molar-refractivity contribution >= 4 is 6.09 Å². The second-order valence-electron chi connectivity index (χ2n) is 5.96. The Balaban J connectivity index is 2.01. The fraction of sp³-hybridized carbons (Fsp3) is 0.769. The van der Waals surface area contributed by atoms with Gasteiger partial charge in [0, 0.05) is 19.0 Å². The third kappa shape index (κ3) is 3.94. The summed E-state index contributed by atoms with van der Waals surface area (Å²) < 4.78 is 5.47. The van der Waals surface area contributed by atoms with E-state index in [4.69, 9.17) is 4.74 Å². The quantitative estimate of drug-likeness (QED) is 0.890. The molecule has 1 aromatic rings. The Morgan fingerprint density at radius 2 is 2.32 bits per heavy atom. The topological polar surface area (TPSA) is 71.1 Å². The maximum Gasteiger partial charge on any atom is 0.410 e. The van der Waals surface area contributed by atoms with Crippen molar-refractivity contribution in [1.82, 2.24) is 20.1 Å². The molecule has 1 aliphatic heterocycles. The van der Waals surface area contributed by atoms with Gasteiger partial charge in [0.25, 0.3) is 0 Å². The molecule has 0 saturated carbocycles. The Labute approximate surface area is 113 Å². The number of H-pyrrole nitrogens is 1. The molecule has 2 heterocycles. The number of rotatable bonds is 2. The largest absolute Gasteiger partial charge is 0.444 e. The van der Waals surface area contributed by atoms with E-state index in [9.17, 15) is 4.79 Å². The van der Waals surface area contributed by atoms with Crippen LogP contribution in [0.2, 0.25) is 0 Å². The first-order valence-electron chi connectivity index (χ1n) is 6.79. The van der Waals surface area contributed by atoms with Crippen molar-refractivity contribution in [2.45, 2.75) is 58.1 Å². The van der Waals surface area contributed by atoms with Crippen LogP contribution >= 0.6 is 0 Å². The maximum atomic E-state index is 12.2. The van der Waals surface area contributed by atoms with E-state index in [1.54, 1.807) is 0 Å². The zero-order chi connectivity index (χ0) is 13.9. The van der Waals surface area contributed by atoms with Gasteiger partial charge in [0.15, 0.2) is 0 Å². The number of carbonyl (C=O) groups excluding carboxylic acids is 1. The standard InChI is InChI=1S/C13H22N4O2/c1-13(2,3)19-12(18)17-7-5-4-6-10(17)8-11-14-9-15-16-11/h9-10H,4-8H2,1-3H3,(H,14,15,16). The van der Waals surface area contributed by atoms with E-state index in [2.05, 4.69) is 15.2 Å². The smallest absolute Gasteiger partial charge is 0.410 e. The molecule has 0 radical (unpaired) electrons. The highest BCUT2D eigenvalue weighted by atomic mass is 16.6. The second-order valence-corrected chi connectivity index (χ2v) is 5.96. The van der Waals surface area contributed by atoms with Crippen LogP contribution in [0, 0.1) is 0 Å². The fourth-order valence-electron chi connectivity index (χ4n) is 2.33. The van der Waals surface area contributed by atoms with E-state index >= 15 is 0 Å². The van der Waals surface area contributed by atoms with Crippen molar-refractivity contribution in [2.24, 2.45) is 0 Å². The number of aromatic amines is 1. The van der Waals surface area contributed by atoms with Crippen molar-refractivity contribution in [3.63, 3.8) is 0 Å². The van der Waals surface area contributed by atoms with Crippen molar-refractivity contribution in [1.29, 1.82) is 0 Å². The molecule has 1 unspecified atom stereocenters. The Morgan fingerprint density at radius 1 is 1.53 bits per heavy atom. The first-order chi connectivity index (χ1) is 8.96. The summed E-state index contributed by atoms with van der Waals surface area (Å²) in [7, 11) is 0. The summed E-state index contributed by atoms with van der Waals surface area (Å²) >= 11 is 0. The minimum atomic E-state index is -0.453. The molecule has 0 bridgehead atoms. The predicted octanol–water partition coefficient (Wildman–Crippen LogP) is 2.14. The van der Waals surface area contributed by atoms with Gasteiger partial charge in [-0.3, -0.25) is 5.10 Å². The summed E-state index contributed by atoms with van der Waals surface area (Å²) in [6, 6.07) is 0.150. The third-order valence-corrected chi connectivity index (χ3v) is 3.15. The average Bonchev–Trinajstić information content (AvgIpc) is 2.80. The molecular formula is C13H22N4O2. The first-order valence-corrected chi connectivity index (χ1v) is 6.79. The number of amides is 1. The van der Waals surface area contributed by atoms with Crippen molar-refractivity contribution in [3.05, 3.63) is 12.2 Å². The van der Waals surface area contributed by atoms with Gasteiger partial charge in [-0.2, -0.15) is 5.10 Å². The number of carbonyl (C=O) groups is 1. The summed E-state index contributed by atoms with van der Waals surface area (Å²) in [4.78, 5) is 18.2. The highest BCUT2D eigenvalue weighted by molar-refractivity contribution is 5.68. The first kappa shape index (κ1) is 13.8. The van der Waals surface area contributed by atoms with Gasteiger partial charge in [0.2, 0.25) is 0 Å². The van der Waals surface area contributed by atoms with Gasteiger partial charge in [-0.25, -0.2) is 9.78 Å². The molecular weight excluding hydrogens is 244 g/mol. The molecule has 0 spiro atoms. The fourth-order valence-corrected chi connectivity index (χ4v) is 2.33. The minimum Gasteiger partial charge on any atom is -0.444 e. The summed E-state index contributed by atoms with van der Waals surface area (Å²) in [5, 5.41) is 6.70. The maximum absolute atomic E-state index is 12.2. The number of piperidine rings is 1. The van der Waals surface area contributed by atoms with Gasteiger partial charge in [-0.05, 0) is 40.0 Å². The van der Waals surface area contributed by atoms with Crippen LogP contribution < -0.4 is 0 Å². The van der Waals surface area contributed by atoms with Crippen LogP contribution in [0.15, 0.2) is 6.33 Å². The Kier molecular flexibility index (Phi) is 4.07. The van der Waals surface area contributed by atoms with E-state index < -0.39 is 5.60 Å². The molecule has 19 heavy (non-hydrogen) atoms. The van der Waals surface area contributed by atoms with E-state index in [-0.39, 0.29) is 12.1 Å². The number of nitrogens with one attached hydrogen (secondary N) is 1. The van der Waals surface area contributed by atoms with Crippen LogP contribution in [0.1, 0.15) is 45.9 Å². The summed E-state index contributed by atoms with van der Waals surface area (Å²) in [6.45, 7) is 6.43. The van der Waals surface area contributed by atoms with Crippen LogP contribution in [0.5, 0.6) is 0 Å². The normalized spacial score (nSPS) is 20.4. The van der Waals surface area contributed by atoms with Gasteiger partial charge in [0.1, 0.15) is 17.8 Å². The lowest BCUT2D eigenvalue weighted by Gasteiger charge is -2.36. The monoisotopic (exact) mass is 266 g/mol. The van der Waals surface area contributed by atoms with Crippen LogP contribution in [0.25, 0.3) is 0 Å². The minimum absolute atomic E-state index is 0.150. The number of nitrogens with zero attached hydrogens (tertiary/aromatic N) is 3. The van der Waals surface area contributed by atoms with Crippen molar-refractivity contribution < 1.29 is 9.53 Å². The number of aromatic nitrogens is 3. The zero-order valence-corrected chi connectivity index (χ0v) is 11.8. The molecule has 6 nitrogen and oxygen atoms in total. The second kappa shape index (κ2) is 5.59. The van der Waals surface area contributed by atoms with Crippen LogP contribution in [0.4, 0.5) is 4.79 Å². The van der Waals surface area contributed by atoms with Gasteiger partial charge < -0.3 is 9.64 Å². The van der Waals surface area contributed by atoms with Crippen molar-refractivity contribution in [3.8, 4) is 0 Å². The lowest BCUT2D eigenvalue weighted by Crippen LogP contribution is -2.47. The molecule has 1 amide bonds. The lowest BCUT2D eigenvalue weighted by atomic mass is 9.99. The molecule has 1 aromatic heterocycles. The number of ether oxygens (including phenoxy) is 1. The van der Waals surface area contributed by atoms with Gasteiger partial charge in [0.05, 0.1) is 0 Å². The molecule has 1 fully saturated rings. The zero-order valence-electron chi connectivity index (χ0n) is 11.8. The molecule has 106 valence electrons.